The molecule has 0 heterocycles. The molecule has 2 aromatic carbocycles. The quantitative estimate of drug-likeness (QED) is 0.538. The number of anilines is 1. The minimum atomic E-state index is -0.593. The number of rotatable bonds is 7. The van der Waals surface area contributed by atoms with Gasteiger partial charge >= 0.3 is 0 Å². The summed E-state index contributed by atoms with van der Waals surface area (Å²) in [5.74, 6) is 0.712. The summed E-state index contributed by atoms with van der Waals surface area (Å²) in [7, 11) is 2.92. The van der Waals surface area contributed by atoms with Gasteiger partial charge in [-0.25, -0.2) is 0 Å². The van der Waals surface area contributed by atoms with Crippen molar-refractivity contribution in [2.75, 3.05) is 19.5 Å². The third-order valence-electron chi connectivity index (χ3n) is 3.67. The highest BCUT2D eigenvalue weighted by Crippen LogP contribution is 2.36. The lowest BCUT2D eigenvalue weighted by Crippen LogP contribution is -2.14. The molecule has 0 unspecified atom stereocenters. The van der Waals surface area contributed by atoms with Crippen molar-refractivity contribution in [2.45, 2.75) is 20.0 Å². The van der Waals surface area contributed by atoms with Crippen LogP contribution in [0.25, 0.3) is 6.08 Å². The molecule has 0 aliphatic rings. The number of carbonyl (C=O) groups is 1. The number of hydrogen-bond donors (Lipinski definition) is 1. The monoisotopic (exact) mass is 400 g/mol. The van der Waals surface area contributed by atoms with Gasteiger partial charge in [-0.2, -0.15) is 5.26 Å². The number of hydrogen-bond acceptors (Lipinski definition) is 5. The van der Waals surface area contributed by atoms with E-state index in [1.807, 2.05) is 26.0 Å². The molecule has 0 saturated heterocycles. The molecule has 0 saturated carbocycles. The van der Waals surface area contributed by atoms with Crippen LogP contribution in [-0.4, -0.2) is 26.2 Å². The Morgan fingerprint density at radius 3 is 2.43 bits per heavy atom. The van der Waals surface area contributed by atoms with Crippen LogP contribution in [0.2, 0.25) is 5.02 Å². The van der Waals surface area contributed by atoms with Crippen LogP contribution in [0.1, 0.15) is 19.4 Å². The fourth-order valence-electron chi connectivity index (χ4n) is 2.41. The Balaban J connectivity index is 2.36. The Morgan fingerprint density at radius 1 is 1.14 bits per heavy atom. The molecule has 0 bridgehead atoms. The Bertz CT molecular complexity index is 932. The van der Waals surface area contributed by atoms with E-state index in [9.17, 15) is 10.1 Å². The van der Waals surface area contributed by atoms with Gasteiger partial charge in [-0.15, -0.1) is 0 Å². The van der Waals surface area contributed by atoms with Gasteiger partial charge in [0.25, 0.3) is 5.91 Å². The van der Waals surface area contributed by atoms with E-state index in [4.69, 9.17) is 25.8 Å². The third-order valence-corrected chi connectivity index (χ3v) is 3.96. The molecule has 146 valence electrons. The number of nitrogens with zero attached hydrogens (tertiary/aromatic N) is 1. The van der Waals surface area contributed by atoms with Crippen molar-refractivity contribution in [3.05, 3.63) is 52.6 Å². The Hall–Kier alpha value is -3.17. The van der Waals surface area contributed by atoms with Gasteiger partial charge in [-0.1, -0.05) is 29.8 Å². The minimum Gasteiger partial charge on any atom is -0.495 e. The van der Waals surface area contributed by atoms with Gasteiger partial charge in [-0.05, 0) is 26.0 Å². The van der Waals surface area contributed by atoms with E-state index < -0.39 is 5.91 Å². The van der Waals surface area contributed by atoms with Gasteiger partial charge < -0.3 is 19.5 Å². The molecule has 6 nitrogen and oxygen atoms in total. The molecule has 7 heteroatoms. The van der Waals surface area contributed by atoms with Gasteiger partial charge in [0.15, 0.2) is 0 Å². The summed E-state index contributed by atoms with van der Waals surface area (Å²) in [4.78, 5) is 12.7. The lowest BCUT2D eigenvalue weighted by atomic mass is 10.1. The number of carbonyl (C=O) groups excluding carboxylic acids is 1. The molecule has 0 spiro atoms. The zero-order chi connectivity index (χ0) is 20.7. The topological polar surface area (TPSA) is 80.6 Å². The van der Waals surface area contributed by atoms with Gasteiger partial charge in [0.2, 0.25) is 0 Å². The van der Waals surface area contributed by atoms with Crippen molar-refractivity contribution in [1.82, 2.24) is 0 Å². The van der Waals surface area contributed by atoms with Crippen molar-refractivity contribution in [2.24, 2.45) is 0 Å². The molecular weight excluding hydrogens is 380 g/mol. The summed E-state index contributed by atoms with van der Waals surface area (Å²) in [5.41, 5.74) is 0.876. The fourth-order valence-corrected chi connectivity index (χ4v) is 2.64. The number of benzene rings is 2. The second-order valence-corrected chi connectivity index (χ2v) is 6.42. The van der Waals surface area contributed by atoms with Crippen molar-refractivity contribution < 1.29 is 19.0 Å². The van der Waals surface area contributed by atoms with Crippen LogP contribution in [-0.2, 0) is 4.79 Å². The highest BCUT2D eigenvalue weighted by atomic mass is 35.5. The predicted molar refractivity (Wildman–Crippen MR) is 109 cm³/mol. The van der Waals surface area contributed by atoms with Crippen molar-refractivity contribution in [1.29, 1.82) is 5.26 Å². The molecule has 0 radical (unpaired) electrons. The Morgan fingerprint density at radius 2 is 1.82 bits per heavy atom. The first kappa shape index (κ1) is 21.1. The number of amides is 1. The highest BCUT2D eigenvalue weighted by molar-refractivity contribution is 6.32. The van der Waals surface area contributed by atoms with E-state index in [2.05, 4.69) is 5.32 Å². The van der Waals surface area contributed by atoms with Crippen LogP contribution in [0.3, 0.4) is 0 Å². The Kier molecular flexibility index (Phi) is 7.30. The first-order valence-corrected chi connectivity index (χ1v) is 8.87. The van der Waals surface area contributed by atoms with Crippen LogP contribution < -0.4 is 19.5 Å². The summed E-state index contributed by atoms with van der Waals surface area (Å²) >= 11 is 6.08. The van der Waals surface area contributed by atoms with Crippen LogP contribution in [0, 0.1) is 11.3 Å². The van der Waals surface area contributed by atoms with Gasteiger partial charge in [0.1, 0.15) is 28.9 Å². The number of nitrogens with one attached hydrogen (secondary N) is 1. The zero-order valence-electron chi connectivity index (χ0n) is 16.1. The standard InChI is InChI=1S/C21H21ClN2O4/c1-13(2)28-18-8-6-5-7-14(18)9-15(12-23)21(25)24-17-11-19(26-3)16(22)10-20(17)27-4/h5-11,13H,1-4H3,(H,24,25)/b15-9+. The summed E-state index contributed by atoms with van der Waals surface area (Å²) < 4.78 is 16.1. The molecule has 2 aromatic rings. The molecule has 0 aliphatic carbocycles. The second-order valence-electron chi connectivity index (χ2n) is 6.02. The second kappa shape index (κ2) is 9.67. The van der Waals surface area contributed by atoms with E-state index in [0.717, 1.165) is 0 Å². The third kappa shape index (κ3) is 5.18. The minimum absolute atomic E-state index is 0.0419. The number of para-hydroxylation sites is 1. The maximum absolute atomic E-state index is 12.7. The first-order valence-electron chi connectivity index (χ1n) is 8.50. The van der Waals surface area contributed by atoms with Crippen molar-refractivity contribution >= 4 is 29.3 Å². The average Bonchev–Trinajstić information content (AvgIpc) is 2.67. The van der Waals surface area contributed by atoms with Crippen LogP contribution >= 0.6 is 11.6 Å². The molecule has 0 fully saturated rings. The maximum atomic E-state index is 12.7. The molecule has 1 amide bonds. The van der Waals surface area contributed by atoms with Gasteiger partial charge in [0.05, 0.1) is 31.0 Å². The van der Waals surface area contributed by atoms with E-state index in [0.29, 0.717) is 33.5 Å². The number of ether oxygens (including phenoxy) is 3. The molecule has 0 atom stereocenters. The SMILES string of the molecule is COc1cc(NC(=O)/C(C#N)=C/c2ccccc2OC(C)C)c(OC)cc1Cl. The van der Waals surface area contributed by atoms with E-state index >= 15 is 0 Å². The number of halogens is 1. The lowest BCUT2D eigenvalue weighted by molar-refractivity contribution is -0.112. The lowest BCUT2D eigenvalue weighted by Gasteiger charge is -2.14. The molecule has 0 aromatic heterocycles. The summed E-state index contributed by atoms with van der Waals surface area (Å²) in [6.07, 6.45) is 1.44. The smallest absolute Gasteiger partial charge is 0.266 e. The number of nitriles is 1. The van der Waals surface area contributed by atoms with E-state index in [1.165, 1.54) is 32.4 Å². The molecule has 2 rings (SSSR count). The van der Waals surface area contributed by atoms with Crippen LogP contribution in [0.4, 0.5) is 5.69 Å². The van der Waals surface area contributed by atoms with Crippen LogP contribution in [0.15, 0.2) is 42.0 Å². The Labute approximate surface area is 169 Å². The molecule has 1 N–H and O–H groups in total. The van der Waals surface area contributed by atoms with Gasteiger partial charge in [-0.3, -0.25) is 4.79 Å². The van der Waals surface area contributed by atoms with Crippen molar-refractivity contribution in [3.8, 4) is 23.3 Å². The van der Waals surface area contributed by atoms with Crippen molar-refractivity contribution in [3.63, 3.8) is 0 Å². The summed E-state index contributed by atoms with van der Waals surface area (Å²) in [6, 6.07) is 12.2. The fraction of sp³-hybridized carbons (Fsp3) is 0.238. The van der Waals surface area contributed by atoms with Crippen LogP contribution in [0.5, 0.6) is 17.2 Å². The predicted octanol–water partition coefficient (Wildman–Crippen LogP) is 4.69. The normalized spacial score (nSPS) is 11.0. The van der Waals surface area contributed by atoms with Gasteiger partial charge in [0, 0.05) is 17.7 Å². The van der Waals surface area contributed by atoms with E-state index in [-0.39, 0.29) is 11.7 Å². The number of methoxy groups -OCH3 is 2. The maximum Gasteiger partial charge on any atom is 0.266 e. The summed E-state index contributed by atoms with van der Waals surface area (Å²) in [5, 5.41) is 12.5. The molecular formula is C21H21ClN2O4. The zero-order valence-corrected chi connectivity index (χ0v) is 16.8. The average molecular weight is 401 g/mol. The molecule has 0 aliphatic heterocycles. The molecule has 28 heavy (non-hydrogen) atoms. The summed E-state index contributed by atoms with van der Waals surface area (Å²) in [6.45, 7) is 3.80. The first-order chi connectivity index (χ1) is 13.4. The van der Waals surface area contributed by atoms with E-state index in [1.54, 1.807) is 18.2 Å². The largest absolute Gasteiger partial charge is 0.495 e. The highest BCUT2D eigenvalue weighted by Gasteiger charge is 2.16.